The van der Waals surface area contributed by atoms with E-state index in [0.29, 0.717) is 6.42 Å². The summed E-state index contributed by atoms with van der Waals surface area (Å²) in [5.41, 5.74) is 3.93. The first-order chi connectivity index (χ1) is 17.1. The van der Waals surface area contributed by atoms with Crippen molar-refractivity contribution < 1.29 is 19.7 Å². The van der Waals surface area contributed by atoms with Crippen LogP contribution in [0.5, 0.6) is 17.2 Å². The Kier molecular flexibility index (Phi) is 5.99. The number of carbonyl (C=O) groups is 1. The molecule has 35 heavy (non-hydrogen) atoms. The van der Waals surface area contributed by atoms with Crippen LogP contribution in [-0.4, -0.2) is 20.6 Å². The van der Waals surface area contributed by atoms with Gasteiger partial charge < -0.3 is 19.5 Å². The summed E-state index contributed by atoms with van der Waals surface area (Å²) in [7, 11) is 0. The fraction of sp³-hybridized carbons (Fsp3) is 0.172. The predicted octanol–water partition coefficient (Wildman–Crippen LogP) is 6.42. The quantitative estimate of drug-likeness (QED) is 0.243. The monoisotopic (exact) mass is 464 g/mol. The normalized spacial score (nSPS) is 13.7. The molecule has 5 rings (SSSR count). The van der Waals surface area contributed by atoms with Crippen molar-refractivity contribution in [2.24, 2.45) is 0 Å². The van der Waals surface area contributed by atoms with E-state index < -0.39 is 5.78 Å². The molecule has 6 heteroatoms. The van der Waals surface area contributed by atoms with Crippen molar-refractivity contribution in [2.75, 3.05) is 0 Å². The Labute approximate surface area is 202 Å². The Balaban J connectivity index is 1.65. The van der Waals surface area contributed by atoms with Gasteiger partial charge in [0, 0.05) is 41.6 Å². The van der Waals surface area contributed by atoms with Crippen LogP contribution in [0.3, 0.4) is 0 Å². The molecule has 2 N–H and O–H groups in total. The van der Waals surface area contributed by atoms with Crippen molar-refractivity contribution in [3.8, 4) is 34.6 Å². The number of aromatic nitrogens is 1. The van der Waals surface area contributed by atoms with Gasteiger partial charge in [-0.05, 0) is 30.5 Å². The molecule has 0 spiro atoms. The van der Waals surface area contributed by atoms with E-state index in [1.165, 1.54) is 6.07 Å². The van der Waals surface area contributed by atoms with Crippen LogP contribution in [0.2, 0.25) is 0 Å². The largest absolute Gasteiger partial charge is 0.508 e. The number of unbranched alkanes of at least 4 members (excludes halogenated alkanes) is 3. The lowest BCUT2D eigenvalue weighted by molar-refractivity contribution is 0.101. The molecule has 1 aliphatic heterocycles. The fourth-order valence-electron chi connectivity index (χ4n) is 4.68. The fourth-order valence-corrected chi connectivity index (χ4v) is 4.68. The minimum absolute atomic E-state index is 0.0524. The van der Waals surface area contributed by atoms with Crippen LogP contribution in [0.1, 0.15) is 41.6 Å². The van der Waals surface area contributed by atoms with Crippen molar-refractivity contribution in [3.63, 3.8) is 0 Å². The van der Waals surface area contributed by atoms with Gasteiger partial charge in [-0.15, -0.1) is 0 Å². The first kappa shape index (κ1) is 22.3. The molecule has 1 aromatic heterocycles. The number of benzene rings is 3. The van der Waals surface area contributed by atoms with E-state index in [9.17, 15) is 15.0 Å². The van der Waals surface area contributed by atoms with Gasteiger partial charge in [0.05, 0.1) is 11.8 Å². The average molecular weight is 465 g/mol. The van der Waals surface area contributed by atoms with Crippen LogP contribution in [0.15, 0.2) is 72.5 Å². The molecule has 0 unspecified atom stereocenters. The maximum atomic E-state index is 13.1. The Morgan fingerprint density at radius 3 is 2.54 bits per heavy atom. The molecule has 174 valence electrons. The molecule has 0 aliphatic carbocycles. The summed E-state index contributed by atoms with van der Waals surface area (Å²) in [4.78, 5) is 13.1. The second-order valence-electron chi connectivity index (χ2n) is 8.54. The predicted molar refractivity (Wildman–Crippen MR) is 134 cm³/mol. The summed E-state index contributed by atoms with van der Waals surface area (Å²) < 4.78 is 8.07. The van der Waals surface area contributed by atoms with Crippen LogP contribution in [0, 0.1) is 11.3 Å². The molecular weight excluding hydrogens is 440 g/mol. The molecule has 0 atom stereocenters. The summed E-state index contributed by atoms with van der Waals surface area (Å²) in [6, 6.07) is 22.7. The minimum Gasteiger partial charge on any atom is -0.508 e. The number of para-hydroxylation sites is 1. The molecule has 2 heterocycles. The minimum atomic E-state index is -0.426. The van der Waals surface area contributed by atoms with E-state index in [1.54, 1.807) is 6.08 Å². The Bertz CT molecular complexity index is 1490. The third-order valence-corrected chi connectivity index (χ3v) is 6.24. The molecule has 1 aliphatic rings. The zero-order valence-electron chi connectivity index (χ0n) is 19.1. The summed E-state index contributed by atoms with van der Waals surface area (Å²) in [5, 5.41) is 29.9. The van der Waals surface area contributed by atoms with E-state index in [1.807, 2.05) is 48.5 Å². The number of carbonyl (C=O) groups excluding carboxylic acids is 1. The number of aromatic hydroxyl groups is 2. The average Bonchev–Trinajstić information content (AvgIpc) is 3.34. The van der Waals surface area contributed by atoms with Crippen molar-refractivity contribution >= 4 is 22.8 Å². The highest BCUT2D eigenvalue weighted by Gasteiger charge is 2.32. The van der Waals surface area contributed by atoms with Gasteiger partial charge in [0.2, 0.25) is 5.78 Å². The molecule has 3 aromatic carbocycles. The van der Waals surface area contributed by atoms with Gasteiger partial charge in [0.25, 0.3) is 0 Å². The SMILES string of the molecule is N#CCCCCCn1c(-c2ccccc2)c(/C=C2/Oc3cc(O)cc(O)c3C2=O)c2ccccc21. The number of nitriles is 1. The number of phenols is 2. The molecular formula is C29H24N2O4. The van der Waals surface area contributed by atoms with Gasteiger partial charge in [-0.3, -0.25) is 4.79 Å². The highest BCUT2D eigenvalue weighted by Crippen LogP contribution is 2.42. The smallest absolute Gasteiger partial charge is 0.235 e. The van der Waals surface area contributed by atoms with E-state index in [-0.39, 0.29) is 28.6 Å². The van der Waals surface area contributed by atoms with Crippen LogP contribution < -0.4 is 4.74 Å². The zero-order chi connectivity index (χ0) is 24.4. The van der Waals surface area contributed by atoms with Gasteiger partial charge in [-0.1, -0.05) is 55.0 Å². The highest BCUT2D eigenvalue weighted by molar-refractivity contribution is 6.17. The first-order valence-corrected chi connectivity index (χ1v) is 11.6. The number of allylic oxidation sites excluding steroid dienone is 1. The van der Waals surface area contributed by atoms with Gasteiger partial charge in [-0.25, -0.2) is 0 Å². The number of fused-ring (bicyclic) bond motifs is 2. The molecule has 0 saturated heterocycles. The van der Waals surface area contributed by atoms with E-state index >= 15 is 0 Å². The molecule has 4 aromatic rings. The van der Waals surface area contributed by atoms with Gasteiger partial charge >= 0.3 is 0 Å². The number of ketones is 1. The van der Waals surface area contributed by atoms with Gasteiger partial charge in [-0.2, -0.15) is 5.26 Å². The molecule has 6 nitrogen and oxygen atoms in total. The third kappa shape index (κ3) is 4.13. The standard InChI is InChI=1S/C29H24N2O4/c30-14-8-1-2-9-15-31-23-13-7-6-12-21(23)22(28(31)19-10-4-3-5-11-19)18-26-29(34)27-24(33)16-20(32)17-25(27)35-26/h3-7,10-13,16-18,32-33H,1-2,8-9,15H2/b26-18+. The number of Topliss-reactive ketones (excluding diaryl/α,β-unsaturated/α-hetero) is 1. The van der Waals surface area contributed by atoms with Crippen molar-refractivity contribution in [2.45, 2.75) is 32.2 Å². The third-order valence-electron chi connectivity index (χ3n) is 6.24. The number of rotatable bonds is 7. The number of phenolic OH excluding ortho intramolecular Hbond substituents is 2. The molecule has 0 fully saturated rings. The maximum absolute atomic E-state index is 13.1. The molecule has 0 amide bonds. The summed E-state index contributed by atoms with van der Waals surface area (Å²) in [6.07, 6.45) is 5.02. The second kappa shape index (κ2) is 9.40. The van der Waals surface area contributed by atoms with Crippen LogP contribution >= 0.6 is 0 Å². The van der Waals surface area contributed by atoms with Gasteiger partial charge in [0.15, 0.2) is 5.76 Å². The van der Waals surface area contributed by atoms with E-state index in [2.05, 4.69) is 16.7 Å². The Morgan fingerprint density at radius 2 is 1.74 bits per heavy atom. The zero-order valence-corrected chi connectivity index (χ0v) is 19.1. The van der Waals surface area contributed by atoms with E-state index in [4.69, 9.17) is 10.00 Å². The highest BCUT2D eigenvalue weighted by atomic mass is 16.5. The van der Waals surface area contributed by atoms with Gasteiger partial charge in [0.1, 0.15) is 22.8 Å². The maximum Gasteiger partial charge on any atom is 0.235 e. The number of hydrogen-bond acceptors (Lipinski definition) is 5. The summed E-state index contributed by atoms with van der Waals surface area (Å²) in [6.45, 7) is 0.767. The number of hydrogen-bond donors (Lipinski definition) is 2. The molecule has 0 bridgehead atoms. The second-order valence-corrected chi connectivity index (χ2v) is 8.54. The number of aryl methyl sites for hydroxylation is 1. The first-order valence-electron chi connectivity index (χ1n) is 11.6. The number of ether oxygens (including phenoxy) is 1. The Hall–Kier alpha value is -4.50. The summed E-state index contributed by atoms with van der Waals surface area (Å²) in [5.74, 6) is -0.675. The molecule has 0 saturated carbocycles. The van der Waals surface area contributed by atoms with E-state index in [0.717, 1.165) is 59.6 Å². The van der Waals surface area contributed by atoms with Crippen molar-refractivity contribution in [3.05, 3.63) is 83.6 Å². The topological polar surface area (TPSA) is 95.5 Å². The van der Waals surface area contributed by atoms with Crippen molar-refractivity contribution in [1.82, 2.24) is 4.57 Å². The summed E-state index contributed by atoms with van der Waals surface area (Å²) >= 11 is 0. The van der Waals surface area contributed by atoms with Crippen molar-refractivity contribution in [1.29, 1.82) is 5.26 Å². The number of nitrogens with zero attached hydrogens (tertiary/aromatic N) is 2. The molecule has 0 radical (unpaired) electrons. The Morgan fingerprint density at radius 1 is 0.971 bits per heavy atom. The van der Waals surface area contributed by atoms with Crippen LogP contribution in [0.4, 0.5) is 0 Å². The lowest BCUT2D eigenvalue weighted by atomic mass is 10.0. The lowest BCUT2D eigenvalue weighted by Gasteiger charge is -2.12. The lowest BCUT2D eigenvalue weighted by Crippen LogP contribution is -2.02. The van der Waals surface area contributed by atoms with Crippen LogP contribution in [-0.2, 0) is 6.54 Å². The van der Waals surface area contributed by atoms with Crippen LogP contribution in [0.25, 0.3) is 28.2 Å².